The fourth-order valence-electron chi connectivity index (χ4n) is 0.938. The van der Waals surface area contributed by atoms with Crippen molar-refractivity contribution in [2.24, 2.45) is 0 Å². The molecule has 0 fully saturated rings. The summed E-state index contributed by atoms with van der Waals surface area (Å²) in [4.78, 5) is 13.1. The average Bonchev–Trinajstić information content (AvgIpc) is 2.25. The molecule has 2 aromatic heterocycles. The zero-order chi connectivity index (χ0) is 10.7. The van der Waals surface area contributed by atoms with E-state index in [1.54, 1.807) is 24.8 Å². The number of nitrogen functional groups attached to an aromatic ring is 1. The molecule has 0 saturated heterocycles. The van der Waals surface area contributed by atoms with Crippen molar-refractivity contribution < 1.29 is 0 Å². The number of halogens is 1. The predicted molar refractivity (Wildman–Crippen MR) is 62.5 cm³/mol. The number of pyridine rings is 1. The second-order valence-electron chi connectivity index (χ2n) is 2.70. The third kappa shape index (κ3) is 2.66. The largest absolute Gasteiger partial charge is 0.397 e. The smallest absolute Gasteiger partial charge is 0.192 e. The minimum Gasteiger partial charge on any atom is -0.397 e. The Morgan fingerprint density at radius 3 is 2.60 bits per heavy atom. The van der Waals surface area contributed by atoms with Crippen molar-refractivity contribution in [2.45, 2.75) is 10.1 Å². The van der Waals surface area contributed by atoms with Crippen LogP contribution in [0, 0.1) is 0 Å². The number of aromatic nitrogens is 3. The summed E-state index contributed by atoms with van der Waals surface area (Å²) in [5.74, 6) is 0. The zero-order valence-corrected chi connectivity index (χ0v) is 9.99. The summed E-state index contributed by atoms with van der Waals surface area (Å²) in [7, 11) is 0. The fraction of sp³-hybridized carbons (Fsp3) is 0. The molecule has 4 nitrogen and oxygen atoms in total. The van der Waals surface area contributed by atoms with E-state index in [9.17, 15) is 0 Å². The molecular formula is C9H7BrN4S. The quantitative estimate of drug-likeness (QED) is 0.857. The van der Waals surface area contributed by atoms with Crippen LogP contribution in [0.25, 0.3) is 0 Å². The maximum absolute atomic E-state index is 5.75. The van der Waals surface area contributed by atoms with Gasteiger partial charge in [0, 0.05) is 23.5 Å². The molecule has 0 saturated carbocycles. The van der Waals surface area contributed by atoms with Gasteiger partial charge in [0.05, 0.1) is 16.4 Å². The van der Waals surface area contributed by atoms with Gasteiger partial charge in [0.25, 0.3) is 0 Å². The summed E-state index contributed by atoms with van der Waals surface area (Å²) in [6, 6.07) is 1.84. The molecule has 2 rings (SSSR count). The van der Waals surface area contributed by atoms with Gasteiger partial charge in [-0.25, -0.2) is 9.97 Å². The van der Waals surface area contributed by atoms with E-state index in [1.165, 1.54) is 11.8 Å². The normalized spacial score (nSPS) is 10.2. The van der Waals surface area contributed by atoms with Gasteiger partial charge < -0.3 is 5.73 Å². The Morgan fingerprint density at radius 1 is 1.20 bits per heavy atom. The Bertz CT molecular complexity index is 460. The van der Waals surface area contributed by atoms with Crippen LogP contribution in [0.15, 0.2) is 45.4 Å². The Hall–Kier alpha value is -1.14. The van der Waals surface area contributed by atoms with Crippen molar-refractivity contribution in [3.63, 3.8) is 0 Å². The van der Waals surface area contributed by atoms with Gasteiger partial charge in [0.15, 0.2) is 5.16 Å². The number of anilines is 1. The zero-order valence-electron chi connectivity index (χ0n) is 7.59. The number of hydrogen-bond acceptors (Lipinski definition) is 5. The van der Waals surface area contributed by atoms with Gasteiger partial charge in [0.1, 0.15) is 0 Å². The summed E-state index contributed by atoms with van der Waals surface area (Å²) < 4.78 is 0.856. The van der Waals surface area contributed by atoms with E-state index in [0.717, 1.165) is 9.37 Å². The van der Waals surface area contributed by atoms with E-state index in [4.69, 9.17) is 5.73 Å². The predicted octanol–water partition coefficient (Wildman–Crippen LogP) is 2.37. The van der Waals surface area contributed by atoms with Crippen LogP contribution in [0.1, 0.15) is 0 Å². The Balaban J connectivity index is 2.22. The van der Waals surface area contributed by atoms with E-state index >= 15 is 0 Å². The van der Waals surface area contributed by atoms with Crippen molar-refractivity contribution in [2.75, 3.05) is 5.73 Å². The molecule has 0 aliphatic heterocycles. The van der Waals surface area contributed by atoms with Crippen LogP contribution in [0.2, 0.25) is 0 Å². The lowest BCUT2D eigenvalue weighted by Gasteiger charge is -2.02. The summed E-state index contributed by atoms with van der Waals surface area (Å²) >= 11 is 4.69. The van der Waals surface area contributed by atoms with Crippen LogP contribution in [0.4, 0.5) is 5.69 Å². The van der Waals surface area contributed by atoms with Crippen molar-refractivity contribution >= 4 is 33.4 Å². The molecule has 0 aromatic carbocycles. The Kier molecular flexibility index (Phi) is 3.17. The van der Waals surface area contributed by atoms with Gasteiger partial charge in [0.2, 0.25) is 0 Å². The van der Waals surface area contributed by atoms with E-state index in [0.29, 0.717) is 10.8 Å². The summed E-state index contributed by atoms with van der Waals surface area (Å²) in [5, 5.41) is 0.663. The number of hydrogen-bond donors (Lipinski definition) is 1. The van der Waals surface area contributed by atoms with Crippen molar-refractivity contribution in [3.05, 3.63) is 35.3 Å². The first-order valence-corrected chi connectivity index (χ1v) is 5.71. The minimum atomic E-state index is 0.633. The highest BCUT2D eigenvalue weighted by Crippen LogP contribution is 2.28. The number of rotatable bonds is 2. The molecule has 2 aromatic rings. The SMILES string of the molecule is Nc1cnccc1Sc1ncc(Br)cn1. The van der Waals surface area contributed by atoms with Gasteiger partial charge in [-0.1, -0.05) is 0 Å². The first-order chi connectivity index (χ1) is 7.25. The van der Waals surface area contributed by atoms with E-state index in [1.807, 2.05) is 6.07 Å². The van der Waals surface area contributed by atoms with Crippen molar-refractivity contribution in [1.29, 1.82) is 0 Å². The summed E-state index contributed by atoms with van der Waals surface area (Å²) in [6.07, 6.45) is 6.71. The first-order valence-electron chi connectivity index (χ1n) is 4.10. The van der Waals surface area contributed by atoms with Crippen LogP contribution in [-0.2, 0) is 0 Å². The molecular weight excluding hydrogens is 276 g/mol. The maximum Gasteiger partial charge on any atom is 0.192 e. The molecule has 6 heteroatoms. The third-order valence-electron chi connectivity index (χ3n) is 1.61. The van der Waals surface area contributed by atoms with Crippen molar-refractivity contribution in [3.8, 4) is 0 Å². The second kappa shape index (κ2) is 4.59. The van der Waals surface area contributed by atoms with E-state index < -0.39 is 0 Å². The Labute approximate surface area is 99.5 Å². The lowest BCUT2D eigenvalue weighted by atomic mass is 10.4. The van der Waals surface area contributed by atoms with Gasteiger partial charge in [-0.3, -0.25) is 4.98 Å². The highest BCUT2D eigenvalue weighted by atomic mass is 79.9. The van der Waals surface area contributed by atoms with Crippen LogP contribution < -0.4 is 5.73 Å². The number of nitrogens with zero attached hydrogens (tertiary/aromatic N) is 3. The standard InChI is InChI=1S/C9H7BrN4S/c10-6-3-13-9(14-4-6)15-8-1-2-12-5-7(8)11/h1-5H,11H2. The molecule has 0 aliphatic carbocycles. The van der Waals surface area contributed by atoms with Crippen LogP contribution >= 0.6 is 27.7 Å². The molecule has 0 spiro atoms. The third-order valence-corrected chi connectivity index (χ3v) is 3.00. The van der Waals surface area contributed by atoms with Crippen LogP contribution in [-0.4, -0.2) is 15.0 Å². The topological polar surface area (TPSA) is 64.7 Å². The Morgan fingerprint density at radius 2 is 1.93 bits per heavy atom. The van der Waals surface area contributed by atoms with Gasteiger partial charge in [-0.2, -0.15) is 0 Å². The monoisotopic (exact) mass is 282 g/mol. The highest BCUT2D eigenvalue weighted by Gasteiger charge is 2.03. The average molecular weight is 283 g/mol. The van der Waals surface area contributed by atoms with E-state index in [-0.39, 0.29) is 0 Å². The van der Waals surface area contributed by atoms with Crippen molar-refractivity contribution in [1.82, 2.24) is 15.0 Å². The molecule has 2 heterocycles. The lowest BCUT2D eigenvalue weighted by molar-refractivity contribution is 0.958. The summed E-state index contributed by atoms with van der Waals surface area (Å²) in [5.41, 5.74) is 6.38. The number of nitrogens with two attached hydrogens (primary N) is 1. The van der Waals surface area contributed by atoms with Gasteiger partial charge >= 0.3 is 0 Å². The molecule has 0 atom stereocenters. The van der Waals surface area contributed by atoms with Gasteiger partial charge in [-0.05, 0) is 33.8 Å². The fourth-order valence-corrected chi connectivity index (χ4v) is 1.85. The second-order valence-corrected chi connectivity index (χ2v) is 4.62. The van der Waals surface area contributed by atoms with Crippen LogP contribution in [0.5, 0.6) is 0 Å². The lowest BCUT2D eigenvalue weighted by Crippen LogP contribution is -1.91. The van der Waals surface area contributed by atoms with Gasteiger partial charge in [-0.15, -0.1) is 0 Å². The summed E-state index contributed by atoms with van der Waals surface area (Å²) in [6.45, 7) is 0. The molecule has 0 aliphatic rings. The molecule has 0 unspecified atom stereocenters. The minimum absolute atomic E-state index is 0.633. The molecule has 0 radical (unpaired) electrons. The molecule has 15 heavy (non-hydrogen) atoms. The molecule has 2 N–H and O–H groups in total. The molecule has 76 valence electrons. The first kappa shape index (κ1) is 10.4. The van der Waals surface area contributed by atoms with Crippen LogP contribution in [0.3, 0.4) is 0 Å². The molecule has 0 amide bonds. The maximum atomic E-state index is 5.75. The highest BCUT2D eigenvalue weighted by molar-refractivity contribution is 9.10. The van der Waals surface area contributed by atoms with E-state index in [2.05, 4.69) is 30.9 Å². The molecule has 0 bridgehead atoms.